The van der Waals surface area contributed by atoms with Crippen LogP contribution in [0.4, 0.5) is 0 Å². The van der Waals surface area contributed by atoms with Crippen LogP contribution in [0.2, 0.25) is 0 Å². The average molecular weight is 439 g/mol. The highest BCUT2D eigenvalue weighted by molar-refractivity contribution is 9.13. The van der Waals surface area contributed by atoms with Crippen LogP contribution in [0, 0.1) is 6.92 Å². The van der Waals surface area contributed by atoms with Crippen molar-refractivity contribution in [1.29, 1.82) is 0 Å². The third-order valence-corrected chi connectivity index (χ3v) is 6.36. The number of thiophene rings is 1. The van der Waals surface area contributed by atoms with Gasteiger partial charge in [-0.3, -0.25) is 4.79 Å². The fourth-order valence-corrected chi connectivity index (χ4v) is 3.90. The lowest BCUT2D eigenvalue weighted by molar-refractivity contribution is 0.104. The standard InChI is InChI=1S/C12H7Br3OS/c1-6-2-3-7(13)4-8(6)11(16)12-10(15)9(14)5-17-12/h2-5H,1H3. The molecular weight excluding hydrogens is 432 g/mol. The fraction of sp³-hybridized carbons (Fsp3) is 0.0833. The quantitative estimate of drug-likeness (QED) is 0.560. The summed E-state index contributed by atoms with van der Waals surface area (Å²) in [6.07, 6.45) is 0. The van der Waals surface area contributed by atoms with E-state index in [2.05, 4.69) is 47.8 Å². The Labute approximate surface area is 129 Å². The van der Waals surface area contributed by atoms with Crippen molar-refractivity contribution in [3.8, 4) is 0 Å². The summed E-state index contributed by atoms with van der Waals surface area (Å²) >= 11 is 11.6. The molecule has 88 valence electrons. The molecule has 0 aliphatic heterocycles. The number of hydrogen-bond donors (Lipinski definition) is 0. The van der Waals surface area contributed by atoms with Crippen LogP contribution in [0.15, 0.2) is 37.0 Å². The molecule has 0 aliphatic rings. The Balaban J connectivity index is 2.51. The van der Waals surface area contributed by atoms with Gasteiger partial charge in [0.15, 0.2) is 0 Å². The molecule has 1 aromatic carbocycles. The summed E-state index contributed by atoms with van der Waals surface area (Å²) in [5.41, 5.74) is 1.71. The summed E-state index contributed by atoms with van der Waals surface area (Å²) in [6.45, 7) is 1.94. The first-order chi connectivity index (χ1) is 8.00. The molecule has 0 saturated heterocycles. The van der Waals surface area contributed by atoms with Crippen LogP contribution in [0.3, 0.4) is 0 Å². The van der Waals surface area contributed by atoms with Crippen molar-refractivity contribution in [1.82, 2.24) is 0 Å². The van der Waals surface area contributed by atoms with Crippen LogP contribution in [-0.4, -0.2) is 5.78 Å². The Morgan fingerprint density at radius 2 is 1.94 bits per heavy atom. The summed E-state index contributed by atoms with van der Waals surface area (Å²) in [4.78, 5) is 13.1. The molecular formula is C12H7Br3OS. The molecule has 1 nitrogen and oxygen atoms in total. The highest BCUT2D eigenvalue weighted by Crippen LogP contribution is 2.34. The molecule has 0 atom stereocenters. The molecule has 0 fully saturated rings. The van der Waals surface area contributed by atoms with Crippen LogP contribution >= 0.6 is 59.1 Å². The first kappa shape index (κ1) is 13.5. The Morgan fingerprint density at radius 1 is 1.24 bits per heavy atom. The Kier molecular flexibility index (Phi) is 4.23. The second-order valence-corrected chi connectivity index (χ2v) is 6.96. The van der Waals surface area contributed by atoms with E-state index in [4.69, 9.17) is 0 Å². The highest BCUT2D eigenvalue weighted by Gasteiger charge is 2.18. The Bertz CT molecular complexity index is 589. The lowest BCUT2D eigenvalue weighted by Gasteiger charge is -2.04. The summed E-state index contributed by atoms with van der Waals surface area (Å²) in [5, 5.41) is 1.91. The molecule has 0 spiro atoms. The van der Waals surface area contributed by atoms with Crippen molar-refractivity contribution in [2.75, 3.05) is 0 Å². The van der Waals surface area contributed by atoms with E-state index in [0.29, 0.717) is 0 Å². The van der Waals surface area contributed by atoms with Crippen LogP contribution < -0.4 is 0 Å². The molecule has 0 N–H and O–H groups in total. The van der Waals surface area contributed by atoms with Crippen molar-refractivity contribution in [3.05, 3.63) is 53.0 Å². The molecule has 0 saturated carbocycles. The number of ketones is 1. The van der Waals surface area contributed by atoms with Crippen molar-refractivity contribution < 1.29 is 4.79 Å². The van der Waals surface area contributed by atoms with Gasteiger partial charge in [0.05, 0.1) is 9.35 Å². The van der Waals surface area contributed by atoms with Gasteiger partial charge in [0.2, 0.25) is 5.78 Å². The minimum atomic E-state index is 0.0476. The highest BCUT2D eigenvalue weighted by atomic mass is 79.9. The Hall–Kier alpha value is 0.0300. The lowest BCUT2D eigenvalue weighted by atomic mass is 10.0. The molecule has 1 heterocycles. The largest absolute Gasteiger partial charge is 0.288 e. The second kappa shape index (κ2) is 5.34. The molecule has 17 heavy (non-hydrogen) atoms. The summed E-state index contributed by atoms with van der Waals surface area (Å²) in [5.74, 6) is 0.0476. The first-order valence-electron chi connectivity index (χ1n) is 4.74. The maximum atomic E-state index is 12.4. The number of aryl methyl sites for hydroxylation is 1. The van der Waals surface area contributed by atoms with Crippen molar-refractivity contribution in [2.45, 2.75) is 6.92 Å². The van der Waals surface area contributed by atoms with Gasteiger partial charge in [0.25, 0.3) is 0 Å². The molecule has 0 aliphatic carbocycles. The minimum Gasteiger partial charge on any atom is -0.288 e. The van der Waals surface area contributed by atoms with Gasteiger partial charge in [-0.1, -0.05) is 22.0 Å². The van der Waals surface area contributed by atoms with Crippen LogP contribution in [0.5, 0.6) is 0 Å². The van der Waals surface area contributed by atoms with Crippen LogP contribution in [0.1, 0.15) is 20.8 Å². The van der Waals surface area contributed by atoms with Crippen LogP contribution in [0.25, 0.3) is 0 Å². The molecule has 2 aromatic rings. The van der Waals surface area contributed by atoms with E-state index in [1.165, 1.54) is 11.3 Å². The number of rotatable bonds is 2. The van der Waals surface area contributed by atoms with Crippen molar-refractivity contribution in [2.24, 2.45) is 0 Å². The summed E-state index contributed by atoms with van der Waals surface area (Å²) in [7, 11) is 0. The maximum absolute atomic E-state index is 12.4. The first-order valence-corrected chi connectivity index (χ1v) is 8.00. The third-order valence-electron chi connectivity index (χ3n) is 2.34. The molecule has 0 bridgehead atoms. The normalized spacial score (nSPS) is 10.6. The van der Waals surface area contributed by atoms with E-state index in [0.717, 1.165) is 29.4 Å². The maximum Gasteiger partial charge on any atom is 0.204 e. The van der Waals surface area contributed by atoms with Gasteiger partial charge in [0, 0.05) is 19.9 Å². The fourth-order valence-electron chi connectivity index (χ4n) is 1.44. The number of carbonyl (C=O) groups is 1. The zero-order chi connectivity index (χ0) is 12.6. The van der Waals surface area contributed by atoms with Gasteiger partial charge < -0.3 is 0 Å². The predicted molar refractivity (Wildman–Crippen MR) is 82.0 cm³/mol. The van der Waals surface area contributed by atoms with E-state index in [1.54, 1.807) is 0 Å². The van der Waals surface area contributed by atoms with Crippen molar-refractivity contribution >= 4 is 64.9 Å². The minimum absolute atomic E-state index is 0.0476. The zero-order valence-corrected chi connectivity index (χ0v) is 14.3. The van der Waals surface area contributed by atoms with Gasteiger partial charge in [-0.2, -0.15) is 0 Å². The smallest absolute Gasteiger partial charge is 0.204 e. The van der Waals surface area contributed by atoms with Gasteiger partial charge >= 0.3 is 0 Å². The monoisotopic (exact) mass is 436 g/mol. The van der Waals surface area contributed by atoms with Crippen LogP contribution in [-0.2, 0) is 0 Å². The zero-order valence-electron chi connectivity index (χ0n) is 8.76. The molecule has 0 unspecified atom stereocenters. The summed E-state index contributed by atoms with van der Waals surface area (Å²) < 4.78 is 2.66. The second-order valence-electron chi connectivity index (χ2n) is 3.52. The summed E-state index contributed by atoms with van der Waals surface area (Å²) in [6, 6.07) is 5.73. The SMILES string of the molecule is Cc1ccc(Br)cc1C(=O)c1scc(Br)c1Br. The van der Waals surface area contributed by atoms with E-state index in [9.17, 15) is 4.79 Å². The number of carbonyl (C=O) groups excluding carboxylic acids is 1. The molecule has 0 amide bonds. The predicted octanol–water partition coefficient (Wildman–Crippen LogP) is 5.58. The van der Waals surface area contributed by atoms with E-state index < -0.39 is 0 Å². The molecule has 5 heteroatoms. The third kappa shape index (κ3) is 2.72. The van der Waals surface area contributed by atoms with E-state index in [1.807, 2.05) is 30.5 Å². The van der Waals surface area contributed by atoms with Gasteiger partial charge in [-0.25, -0.2) is 0 Å². The Morgan fingerprint density at radius 3 is 2.53 bits per heavy atom. The van der Waals surface area contributed by atoms with Gasteiger partial charge in [-0.05, 0) is 56.5 Å². The number of hydrogen-bond acceptors (Lipinski definition) is 2. The number of halogens is 3. The number of benzene rings is 1. The molecule has 0 radical (unpaired) electrons. The van der Waals surface area contributed by atoms with Crippen molar-refractivity contribution in [3.63, 3.8) is 0 Å². The van der Waals surface area contributed by atoms with E-state index >= 15 is 0 Å². The van der Waals surface area contributed by atoms with Gasteiger partial charge in [0.1, 0.15) is 0 Å². The molecule has 1 aromatic heterocycles. The lowest BCUT2D eigenvalue weighted by Crippen LogP contribution is -2.02. The average Bonchev–Trinajstić information content (AvgIpc) is 2.62. The topological polar surface area (TPSA) is 17.1 Å². The van der Waals surface area contributed by atoms with E-state index in [-0.39, 0.29) is 5.78 Å². The molecule has 2 rings (SSSR count). The van der Waals surface area contributed by atoms with Gasteiger partial charge in [-0.15, -0.1) is 11.3 Å².